The molecule has 2 aliphatic heterocycles. The van der Waals surface area contributed by atoms with Gasteiger partial charge in [-0.3, -0.25) is 0 Å². The molecule has 0 aromatic heterocycles. The second-order valence-corrected chi connectivity index (χ2v) is 12.2. The van der Waals surface area contributed by atoms with Crippen molar-refractivity contribution in [2.75, 3.05) is 0 Å². The van der Waals surface area contributed by atoms with E-state index in [4.69, 9.17) is 12.2 Å². The summed E-state index contributed by atoms with van der Waals surface area (Å²) in [4.78, 5) is 0.617. The molecular weight excluding hydrogens is 287 g/mol. The zero-order valence-electron chi connectivity index (χ0n) is 11.8. The first kappa shape index (κ1) is 14.0. The normalized spacial score (nSPS) is 37.2. The minimum absolute atomic E-state index is 0.617. The van der Waals surface area contributed by atoms with Crippen LogP contribution >= 0.6 is 18.2 Å². The van der Waals surface area contributed by atoms with E-state index in [9.17, 15) is 0 Å². The molecule has 1 aromatic rings. The van der Waals surface area contributed by atoms with E-state index in [2.05, 4.69) is 62.9 Å². The van der Waals surface area contributed by atoms with Gasteiger partial charge < -0.3 is 12.2 Å². The Hall–Kier alpha value is 0.0900. The maximum Gasteiger partial charge on any atom is 0.121 e. The van der Waals surface area contributed by atoms with Crippen molar-refractivity contribution in [3.8, 4) is 0 Å². The van der Waals surface area contributed by atoms with Crippen LogP contribution in [-0.2, 0) is 12.2 Å². The highest BCUT2D eigenvalue weighted by atomic mass is 32.7. The molecule has 0 saturated carbocycles. The summed E-state index contributed by atoms with van der Waals surface area (Å²) in [5.74, 6) is 0. The first-order chi connectivity index (χ1) is 9.10. The lowest BCUT2D eigenvalue weighted by molar-refractivity contribution is 0.738. The molecule has 0 amide bonds. The van der Waals surface area contributed by atoms with E-state index in [-0.39, 0.29) is 0 Å². The third kappa shape index (κ3) is 1.94. The first-order valence-corrected chi connectivity index (χ1v) is 11.0. The second-order valence-electron chi connectivity index (χ2n) is 5.67. The smallest absolute Gasteiger partial charge is 0.121 e. The van der Waals surface area contributed by atoms with Crippen LogP contribution in [0.4, 0.5) is 0 Å². The molecule has 1 unspecified atom stereocenters. The molecule has 2 bridgehead atoms. The minimum atomic E-state index is -1.47. The summed E-state index contributed by atoms with van der Waals surface area (Å²) in [5, 5.41) is 2.23. The largest absolute Gasteiger partial charge is 0.549 e. The Balaban J connectivity index is 2.05. The van der Waals surface area contributed by atoms with Crippen molar-refractivity contribution >= 4 is 35.8 Å². The SMILES string of the molecule is CCC[C@@H]1S[C@@H]2C(C)=C(C)[C@H]1[P+]2([S-])c1ccccc1. The summed E-state index contributed by atoms with van der Waals surface area (Å²) in [5.41, 5.74) is 3.88. The molecule has 3 rings (SSSR count). The fourth-order valence-electron chi connectivity index (χ4n) is 3.57. The van der Waals surface area contributed by atoms with E-state index in [0.29, 0.717) is 10.7 Å². The fraction of sp³-hybridized carbons (Fsp3) is 0.500. The average molecular weight is 308 g/mol. The van der Waals surface area contributed by atoms with Crippen molar-refractivity contribution in [2.45, 2.75) is 49.5 Å². The summed E-state index contributed by atoms with van der Waals surface area (Å²) in [6.07, 6.45) is 2.60. The lowest BCUT2D eigenvalue weighted by Crippen LogP contribution is -2.24. The average Bonchev–Trinajstić information content (AvgIpc) is 2.81. The maximum atomic E-state index is 6.34. The summed E-state index contributed by atoms with van der Waals surface area (Å²) in [7, 11) is 0. The van der Waals surface area contributed by atoms with Gasteiger partial charge in [0.1, 0.15) is 4.99 Å². The summed E-state index contributed by atoms with van der Waals surface area (Å²) in [6, 6.07) is 11.0. The van der Waals surface area contributed by atoms with E-state index in [1.165, 1.54) is 18.1 Å². The molecule has 1 saturated heterocycles. The monoisotopic (exact) mass is 308 g/mol. The molecule has 1 fully saturated rings. The topological polar surface area (TPSA) is 0 Å². The molecule has 1 aromatic carbocycles. The van der Waals surface area contributed by atoms with E-state index in [1.54, 1.807) is 11.1 Å². The first-order valence-electron chi connectivity index (χ1n) is 7.08. The van der Waals surface area contributed by atoms with Gasteiger partial charge in [0.05, 0.1) is 11.0 Å². The van der Waals surface area contributed by atoms with Gasteiger partial charge in [-0.25, -0.2) is 0 Å². The minimum Gasteiger partial charge on any atom is -0.549 e. The Morgan fingerprint density at radius 1 is 1.16 bits per heavy atom. The third-order valence-corrected chi connectivity index (χ3v) is 13.7. The summed E-state index contributed by atoms with van der Waals surface area (Å²) < 4.78 is 0. The van der Waals surface area contributed by atoms with Gasteiger partial charge in [-0.2, -0.15) is 0 Å². The Kier molecular flexibility index (Phi) is 3.79. The highest BCUT2D eigenvalue weighted by molar-refractivity contribution is 8.50. The van der Waals surface area contributed by atoms with Crippen molar-refractivity contribution < 1.29 is 0 Å². The molecule has 3 heteroatoms. The standard InChI is InChI=1S/C16H21PS2/c1-4-8-14-15-11(2)12(3)16(19-14)17(15,18)13-9-6-5-7-10-13/h5-7,9-10,14-16H,4,8H2,1-3H3/t14-,15+,16+,17?/m0/s1. The third-order valence-electron chi connectivity index (χ3n) is 4.59. The van der Waals surface area contributed by atoms with Crippen LogP contribution in [0.25, 0.3) is 0 Å². The number of fused-ring (bicyclic) bond motifs is 2. The molecule has 0 aliphatic carbocycles. The van der Waals surface area contributed by atoms with Crippen LogP contribution in [0.15, 0.2) is 41.5 Å². The number of benzene rings is 1. The van der Waals surface area contributed by atoms with E-state index in [0.717, 1.165) is 5.25 Å². The van der Waals surface area contributed by atoms with Crippen LogP contribution in [-0.4, -0.2) is 15.9 Å². The molecule has 2 aliphatic rings. The number of thioether (sulfide) groups is 1. The Morgan fingerprint density at radius 2 is 1.84 bits per heavy atom. The zero-order chi connectivity index (χ0) is 13.6. The van der Waals surface area contributed by atoms with Crippen molar-refractivity contribution in [2.24, 2.45) is 0 Å². The van der Waals surface area contributed by atoms with Crippen LogP contribution in [0.3, 0.4) is 0 Å². The van der Waals surface area contributed by atoms with E-state index in [1.807, 2.05) is 0 Å². The lowest BCUT2D eigenvalue weighted by Gasteiger charge is -2.34. The fourth-order valence-corrected chi connectivity index (χ4v) is 13.9. The molecule has 4 atom stereocenters. The van der Waals surface area contributed by atoms with E-state index >= 15 is 0 Å². The zero-order valence-corrected chi connectivity index (χ0v) is 14.3. The summed E-state index contributed by atoms with van der Waals surface area (Å²) >= 11 is 8.52. The molecule has 0 spiro atoms. The lowest BCUT2D eigenvalue weighted by atomic mass is 10.0. The van der Waals surface area contributed by atoms with Crippen LogP contribution in [0.5, 0.6) is 0 Å². The molecule has 19 heavy (non-hydrogen) atoms. The van der Waals surface area contributed by atoms with Crippen LogP contribution in [0, 0.1) is 0 Å². The van der Waals surface area contributed by atoms with Crippen molar-refractivity contribution in [1.82, 2.24) is 0 Å². The summed E-state index contributed by atoms with van der Waals surface area (Å²) in [6.45, 7) is 5.49. The Morgan fingerprint density at radius 3 is 2.47 bits per heavy atom. The van der Waals surface area contributed by atoms with Gasteiger partial charge >= 0.3 is 0 Å². The Bertz CT molecular complexity index is 511. The highest BCUT2D eigenvalue weighted by Crippen LogP contribution is 2.81. The van der Waals surface area contributed by atoms with Crippen LogP contribution in [0.2, 0.25) is 0 Å². The van der Waals surface area contributed by atoms with Gasteiger partial charge in [-0.05, 0) is 50.0 Å². The van der Waals surface area contributed by atoms with Gasteiger partial charge in [0.15, 0.2) is 0 Å². The quantitative estimate of drug-likeness (QED) is 0.449. The molecular formula is C16H21PS2. The maximum absolute atomic E-state index is 6.34. The van der Waals surface area contributed by atoms with Gasteiger partial charge in [0.2, 0.25) is 0 Å². The number of rotatable bonds is 3. The second kappa shape index (κ2) is 5.13. The molecule has 0 radical (unpaired) electrons. The highest BCUT2D eigenvalue weighted by Gasteiger charge is 2.60. The van der Waals surface area contributed by atoms with Crippen LogP contribution < -0.4 is 5.30 Å². The number of hydrogen-bond acceptors (Lipinski definition) is 2. The molecule has 0 nitrogen and oxygen atoms in total. The van der Waals surface area contributed by atoms with Gasteiger partial charge in [0, 0.05) is 5.25 Å². The number of hydrogen-bond donors (Lipinski definition) is 0. The molecule has 102 valence electrons. The van der Waals surface area contributed by atoms with Crippen molar-refractivity contribution in [1.29, 1.82) is 0 Å². The van der Waals surface area contributed by atoms with Gasteiger partial charge in [0.25, 0.3) is 0 Å². The predicted octanol–water partition coefficient (Wildman–Crippen LogP) is 4.75. The van der Waals surface area contributed by atoms with E-state index < -0.39 is 6.46 Å². The molecule has 0 N–H and O–H groups in total. The predicted molar refractivity (Wildman–Crippen MR) is 92.6 cm³/mol. The molecule has 2 heterocycles. The van der Waals surface area contributed by atoms with Gasteiger partial charge in [-0.1, -0.05) is 31.5 Å². The van der Waals surface area contributed by atoms with Crippen molar-refractivity contribution in [3.63, 3.8) is 0 Å². The number of allylic oxidation sites excluding steroid dienone is 1. The Labute approximate surface area is 126 Å². The van der Waals surface area contributed by atoms with Gasteiger partial charge in [-0.15, -0.1) is 11.8 Å². The van der Waals surface area contributed by atoms with Crippen molar-refractivity contribution in [3.05, 3.63) is 41.5 Å². The van der Waals surface area contributed by atoms with Crippen LogP contribution in [0.1, 0.15) is 33.6 Å².